The van der Waals surface area contributed by atoms with Crippen LogP contribution in [0.25, 0.3) is 0 Å². The predicted octanol–water partition coefficient (Wildman–Crippen LogP) is 2.13. The number of carbonyl (C=O) groups is 1. The molecule has 16 heavy (non-hydrogen) atoms. The highest BCUT2D eigenvalue weighted by Gasteiger charge is 2.09. The lowest BCUT2D eigenvalue weighted by Gasteiger charge is -2.06. The molecular weight excluding hydrogens is 211 g/mol. The van der Waals surface area contributed by atoms with Gasteiger partial charge in [0.05, 0.1) is 18.8 Å². The predicted molar refractivity (Wildman–Crippen MR) is 58.0 cm³/mol. The van der Waals surface area contributed by atoms with E-state index < -0.39 is 12.6 Å². The van der Waals surface area contributed by atoms with E-state index >= 15 is 0 Å². The number of hydrogen-bond acceptors (Lipinski definition) is 3. The normalized spacial score (nSPS) is 9.81. The Bertz CT molecular complexity index is 349. The lowest BCUT2D eigenvalue weighted by Crippen LogP contribution is -2.15. The van der Waals surface area contributed by atoms with Crippen molar-refractivity contribution in [3.63, 3.8) is 0 Å². The first kappa shape index (κ1) is 12.4. The van der Waals surface area contributed by atoms with E-state index in [0.29, 0.717) is 5.75 Å². The second-order valence-electron chi connectivity index (χ2n) is 3.05. The fourth-order valence-corrected chi connectivity index (χ4v) is 0.977. The molecule has 0 saturated heterocycles. The van der Waals surface area contributed by atoms with E-state index in [1.165, 1.54) is 0 Å². The monoisotopic (exact) mass is 224 g/mol. The highest BCUT2D eigenvalue weighted by Crippen LogP contribution is 2.10. The van der Waals surface area contributed by atoms with E-state index in [0.717, 1.165) is 0 Å². The van der Waals surface area contributed by atoms with Crippen LogP contribution in [0, 0.1) is 0 Å². The molecule has 3 nitrogen and oxygen atoms in total. The third kappa shape index (κ3) is 4.23. The fraction of sp³-hybridized carbons (Fsp3) is 0.250. The van der Waals surface area contributed by atoms with Crippen LogP contribution in [-0.2, 0) is 9.53 Å². The summed E-state index contributed by atoms with van der Waals surface area (Å²) >= 11 is 0. The maximum atomic E-state index is 11.7. The Balaban J connectivity index is 2.38. The molecule has 86 valence electrons. The van der Waals surface area contributed by atoms with Crippen molar-refractivity contribution in [2.75, 3.05) is 19.9 Å². The van der Waals surface area contributed by atoms with Crippen LogP contribution in [0.1, 0.15) is 0 Å². The molecule has 0 radical (unpaired) electrons. The van der Waals surface area contributed by atoms with Gasteiger partial charge in [0.2, 0.25) is 0 Å². The van der Waals surface area contributed by atoms with E-state index in [4.69, 9.17) is 9.47 Å². The molecule has 0 bridgehead atoms. The van der Waals surface area contributed by atoms with Crippen molar-refractivity contribution >= 4 is 5.97 Å². The first-order valence-electron chi connectivity index (χ1n) is 4.82. The van der Waals surface area contributed by atoms with Crippen LogP contribution in [0.4, 0.5) is 4.39 Å². The molecule has 1 aromatic rings. The lowest BCUT2D eigenvalue weighted by atomic mass is 10.3. The van der Waals surface area contributed by atoms with E-state index in [1.807, 2.05) is 6.07 Å². The van der Waals surface area contributed by atoms with Gasteiger partial charge >= 0.3 is 5.97 Å². The largest absolute Gasteiger partial charge is 0.423 e. The highest BCUT2D eigenvalue weighted by atomic mass is 19.1. The van der Waals surface area contributed by atoms with Crippen LogP contribution in [0.3, 0.4) is 0 Å². The van der Waals surface area contributed by atoms with Crippen molar-refractivity contribution in [1.29, 1.82) is 0 Å². The number of rotatable bonds is 6. The second-order valence-corrected chi connectivity index (χ2v) is 3.05. The topological polar surface area (TPSA) is 35.5 Å². The van der Waals surface area contributed by atoms with Gasteiger partial charge in [-0.2, -0.15) is 0 Å². The standard InChI is InChI=1S/C12H13FO3/c1-10(9-15-8-7-13)12(14)16-11-5-3-2-4-6-11/h2-6H,1,7-9H2. The Morgan fingerprint density at radius 3 is 2.62 bits per heavy atom. The molecule has 4 heteroatoms. The zero-order valence-electron chi connectivity index (χ0n) is 8.82. The summed E-state index contributed by atoms with van der Waals surface area (Å²) in [6, 6.07) is 8.65. The lowest BCUT2D eigenvalue weighted by molar-refractivity contribution is -0.130. The average Bonchev–Trinajstić information content (AvgIpc) is 2.30. The Kier molecular flexibility index (Phi) is 5.22. The SMILES string of the molecule is C=C(COCCF)C(=O)Oc1ccccc1. The molecule has 0 fully saturated rings. The van der Waals surface area contributed by atoms with Gasteiger partial charge in [0.15, 0.2) is 0 Å². The van der Waals surface area contributed by atoms with E-state index in [2.05, 4.69) is 6.58 Å². The van der Waals surface area contributed by atoms with Crippen molar-refractivity contribution in [2.45, 2.75) is 0 Å². The van der Waals surface area contributed by atoms with Gasteiger partial charge in [-0.1, -0.05) is 24.8 Å². The number of carbonyl (C=O) groups excluding carboxylic acids is 1. The molecule has 0 aliphatic heterocycles. The number of para-hydroxylation sites is 1. The molecule has 1 aromatic carbocycles. The Morgan fingerprint density at radius 2 is 2.00 bits per heavy atom. The molecule has 0 N–H and O–H groups in total. The number of hydrogen-bond donors (Lipinski definition) is 0. The van der Waals surface area contributed by atoms with Crippen molar-refractivity contribution < 1.29 is 18.7 Å². The van der Waals surface area contributed by atoms with Gasteiger partial charge in [-0.25, -0.2) is 9.18 Å². The van der Waals surface area contributed by atoms with Gasteiger partial charge in [0.25, 0.3) is 0 Å². The fourth-order valence-electron chi connectivity index (χ4n) is 0.977. The molecule has 0 saturated carbocycles. The summed E-state index contributed by atoms with van der Waals surface area (Å²) < 4.78 is 21.5. The summed E-state index contributed by atoms with van der Waals surface area (Å²) in [7, 11) is 0. The minimum atomic E-state index is -0.582. The zero-order valence-corrected chi connectivity index (χ0v) is 8.82. The Labute approximate surface area is 93.5 Å². The van der Waals surface area contributed by atoms with Crippen molar-refractivity contribution in [3.8, 4) is 5.75 Å². The summed E-state index contributed by atoms with van der Waals surface area (Å²) in [5, 5.41) is 0. The molecule has 0 heterocycles. The van der Waals surface area contributed by atoms with Gasteiger partial charge < -0.3 is 9.47 Å². The van der Waals surface area contributed by atoms with Crippen LogP contribution in [-0.4, -0.2) is 25.9 Å². The van der Waals surface area contributed by atoms with E-state index in [9.17, 15) is 9.18 Å². The van der Waals surface area contributed by atoms with Gasteiger partial charge in [-0.15, -0.1) is 0 Å². The third-order valence-corrected chi connectivity index (χ3v) is 1.74. The Morgan fingerprint density at radius 1 is 1.31 bits per heavy atom. The summed E-state index contributed by atoms with van der Waals surface area (Å²) in [4.78, 5) is 11.4. The molecule has 0 unspecified atom stereocenters. The van der Waals surface area contributed by atoms with Crippen LogP contribution < -0.4 is 4.74 Å². The molecule has 0 atom stereocenters. The van der Waals surface area contributed by atoms with E-state index in [1.54, 1.807) is 24.3 Å². The third-order valence-electron chi connectivity index (χ3n) is 1.74. The number of esters is 1. The molecule has 0 spiro atoms. The molecule has 0 aromatic heterocycles. The second kappa shape index (κ2) is 6.74. The molecule has 0 aliphatic carbocycles. The average molecular weight is 224 g/mol. The van der Waals surface area contributed by atoms with E-state index in [-0.39, 0.29) is 18.8 Å². The van der Waals surface area contributed by atoms with Gasteiger partial charge in [-0.05, 0) is 12.1 Å². The summed E-state index contributed by atoms with van der Waals surface area (Å²) in [6.45, 7) is 2.86. The molecule has 0 aliphatic rings. The van der Waals surface area contributed by atoms with Crippen LogP contribution >= 0.6 is 0 Å². The zero-order chi connectivity index (χ0) is 11.8. The molecule has 0 amide bonds. The van der Waals surface area contributed by atoms with Crippen LogP contribution in [0.15, 0.2) is 42.5 Å². The summed E-state index contributed by atoms with van der Waals surface area (Å²) in [6.07, 6.45) is 0. The highest BCUT2D eigenvalue weighted by molar-refractivity contribution is 5.89. The maximum absolute atomic E-state index is 11.7. The summed E-state index contributed by atoms with van der Waals surface area (Å²) in [5.74, 6) is -0.121. The van der Waals surface area contributed by atoms with Crippen molar-refractivity contribution in [1.82, 2.24) is 0 Å². The quantitative estimate of drug-likeness (QED) is 0.321. The number of ether oxygens (including phenoxy) is 2. The van der Waals surface area contributed by atoms with Crippen molar-refractivity contribution in [2.24, 2.45) is 0 Å². The van der Waals surface area contributed by atoms with Crippen molar-refractivity contribution in [3.05, 3.63) is 42.5 Å². The number of alkyl halides is 1. The molecule has 1 rings (SSSR count). The smallest absolute Gasteiger partial charge is 0.341 e. The van der Waals surface area contributed by atoms with Crippen LogP contribution in [0.2, 0.25) is 0 Å². The first-order chi connectivity index (χ1) is 7.74. The van der Waals surface area contributed by atoms with Gasteiger partial charge in [0.1, 0.15) is 12.4 Å². The summed E-state index contributed by atoms with van der Waals surface area (Å²) in [5.41, 5.74) is 0.164. The number of halogens is 1. The van der Waals surface area contributed by atoms with Gasteiger partial charge in [-0.3, -0.25) is 0 Å². The van der Waals surface area contributed by atoms with Gasteiger partial charge in [0, 0.05) is 0 Å². The minimum absolute atomic E-state index is 0.0183. The maximum Gasteiger partial charge on any atom is 0.341 e. The Hall–Kier alpha value is -1.68. The minimum Gasteiger partial charge on any atom is -0.423 e. The first-order valence-corrected chi connectivity index (χ1v) is 4.82. The van der Waals surface area contributed by atoms with Crippen LogP contribution in [0.5, 0.6) is 5.75 Å². The molecular formula is C12H13FO3. The number of benzene rings is 1.